The Morgan fingerprint density at radius 2 is 2.23 bits per heavy atom. The first-order valence-corrected chi connectivity index (χ1v) is 4.82. The largest absolute Gasteiger partial charge is 0.385 e. The van der Waals surface area contributed by atoms with E-state index < -0.39 is 0 Å². The molecule has 0 aliphatic heterocycles. The van der Waals surface area contributed by atoms with Crippen molar-refractivity contribution in [2.24, 2.45) is 5.92 Å². The highest BCUT2D eigenvalue weighted by molar-refractivity contribution is 6.31. The Kier molecular flexibility index (Phi) is 2.40. The number of hydrogen-bond acceptors (Lipinski definition) is 1. The van der Waals surface area contributed by atoms with Crippen molar-refractivity contribution in [3.8, 4) is 0 Å². The van der Waals surface area contributed by atoms with Crippen LogP contribution in [0.1, 0.15) is 12.8 Å². The Morgan fingerprint density at radius 3 is 2.85 bits per heavy atom. The molecule has 1 aromatic carbocycles. The van der Waals surface area contributed by atoms with Gasteiger partial charge in [-0.15, -0.1) is 0 Å². The fourth-order valence-electron chi connectivity index (χ4n) is 1.19. The fraction of sp³-hybridized carbons (Fsp3) is 0.400. The van der Waals surface area contributed by atoms with Crippen LogP contribution in [0.25, 0.3) is 0 Å². The van der Waals surface area contributed by atoms with Gasteiger partial charge in [0, 0.05) is 12.2 Å². The van der Waals surface area contributed by atoms with E-state index in [2.05, 4.69) is 5.32 Å². The quantitative estimate of drug-likeness (QED) is 0.788. The number of hydrogen-bond donors (Lipinski definition) is 1. The van der Waals surface area contributed by atoms with E-state index in [0.717, 1.165) is 18.2 Å². The van der Waals surface area contributed by atoms with Gasteiger partial charge in [-0.2, -0.15) is 0 Å². The Balaban J connectivity index is 1.98. The molecule has 0 spiro atoms. The predicted octanol–water partition coefficient (Wildman–Crippen LogP) is 3.30. The van der Waals surface area contributed by atoms with Crippen molar-refractivity contribution in [2.75, 3.05) is 11.9 Å². The maximum Gasteiger partial charge on any atom is 0.141 e. The average Bonchev–Trinajstić information content (AvgIpc) is 2.91. The zero-order valence-corrected chi connectivity index (χ0v) is 7.94. The lowest BCUT2D eigenvalue weighted by Gasteiger charge is -2.05. The molecule has 3 heteroatoms. The SMILES string of the molecule is Fc1ccc(NCC2CC2)cc1Cl. The summed E-state index contributed by atoms with van der Waals surface area (Å²) in [7, 11) is 0. The van der Waals surface area contributed by atoms with Crippen molar-refractivity contribution >= 4 is 17.3 Å². The minimum Gasteiger partial charge on any atom is -0.385 e. The van der Waals surface area contributed by atoms with Crippen LogP contribution in [0.2, 0.25) is 5.02 Å². The summed E-state index contributed by atoms with van der Waals surface area (Å²) in [5, 5.41) is 3.40. The van der Waals surface area contributed by atoms with Crippen LogP contribution in [-0.4, -0.2) is 6.54 Å². The molecule has 70 valence electrons. The van der Waals surface area contributed by atoms with Crippen LogP contribution in [0.5, 0.6) is 0 Å². The van der Waals surface area contributed by atoms with Gasteiger partial charge < -0.3 is 5.32 Å². The van der Waals surface area contributed by atoms with E-state index in [1.54, 1.807) is 12.1 Å². The van der Waals surface area contributed by atoms with Crippen LogP contribution in [0.3, 0.4) is 0 Å². The lowest BCUT2D eigenvalue weighted by Crippen LogP contribution is -2.02. The van der Waals surface area contributed by atoms with Crippen molar-refractivity contribution < 1.29 is 4.39 Å². The molecule has 0 unspecified atom stereocenters. The highest BCUT2D eigenvalue weighted by Crippen LogP contribution is 2.29. The molecular formula is C10H11ClFN. The zero-order chi connectivity index (χ0) is 9.26. The number of halogens is 2. The molecule has 1 aromatic rings. The number of nitrogens with one attached hydrogen (secondary N) is 1. The maximum atomic E-state index is 12.8. The van der Waals surface area contributed by atoms with Crippen LogP contribution in [0.15, 0.2) is 18.2 Å². The Labute approximate surface area is 81.9 Å². The second kappa shape index (κ2) is 3.54. The van der Waals surface area contributed by atoms with Crippen molar-refractivity contribution in [2.45, 2.75) is 12.8 Å². The standard InChI is InChI=1S/C10H11ClFN/c11-9-5-8(3-4-10(9)12)13-6-7-1-2-7/h3-5,7,13H,1-2,6H2. The summed E-state index contributed by atoms with van der Waals surface area (Å²) >= 11 is 5.63. The third-order valence-corrected chi connectivity index (χ3v) is 2.50. The minimum absolute atomic E-state index is 0.181. The summed E-state index contributed by atoms with van der Waals surface area (Å²) in [5.41, 5.74) is 0.901. The molecule has 1 saturated carbocycles. The van der Waals surface area contributed by atoms with Gasteiger partial charge >= 0.3 is 0 Å². The molecule has 1 nitrogen and oxygen atoms in total. The van der Waals surface area contributed by atoms with Crippen LogP contribution >= 0.6 is 11.6 Å². The lowest BCUT2D eigenvalue weighted by molar-refractivity contribution is 0.628. The van der Waals surface area contributed by atoms with E-state index in [4.69, 9.17) is 11.6 Å². The van der Waals surface area contributed by atoms with Crippen molar-refractivity contribution in [1.29, 1.82) is 0 Å². The molecule has 0 bridgehead atoms. The Hall–Kier alpha value is -0.760. The summed E-state index contributed by atoms with van der Waals surface area (Å²) in [6, 6.07) is 4.72. The molecule has 0 aromatic heterocycles. The Bertz CT molecular complexity index is 310. The van der Waals surface area contributed by atoms with Gasteiger partial charge in [0.15, 0.2) is 0 Å². The first kappa shape index (κ1) is 8.82. The van der Waals surface area contributed by atoms with Gasteiger partial charge in [0.2, 0.25) is 0 Å². The smallest absolute Gasteiger partial charge is 0.141 e. The summed E-state index contributed by atoms with van der Waals surface area (Å²) in [6.45, 7) is 0.974. The fourth-order valence-corrected chi connectivity index (χ4v) is 1.37. The van der Waals surface area contributed by atoms with E-state index in [-0.39, 0.29) is 10.8 Å². The number of benzene rings is 1. The molecule has 0 radical (unpaired) electrons. The van der Waals surface area contributed by atoms with Crippen LogP contribution in [0, 0.1) is 11.7 Å². The molecule has 1 fully saturated rings. The van der Waals surface area contributed by atoms with Crippen molar-refractivity contribution in [1.82, 2.24) is 0 Å². The third kappa shape index (κ3) is 2.34. The van der Waals surface area contributed by atoms with Crippen molar-refractivity contribution in [3.05, 3.63) is 29.0 Å². The van der Waals surface area contributed by atoms with Gasteiger partial charge in [-0.05, 0) is 37.0 Å². The highest BCUT2D eigenvalue weighted by atomic mass is 35.5. The molecular weight excluding hydrogens is 189 g/mol. The molecule has 0 saturated heterocycles. The normalized spacial score (nSPS) is 15.8. The summed E-state index contributed by atoms with van der Waals surface area (Å²) < 4.78 is 12.8. The van der Waals surface area contributed by atoms with Gasteiger partial charge in [-0.3, -0.25) is 0 Å². The molecule has 0 amide bonds. The van der Waals surface area contributed by atoms with Crippen LogP contribution in [0.4, 0.5) is 10.1 Å². The van der Waals surface area contributed by atoms with Gasteiger partial charge in [0.1, 0.15) is 5.82 Å². The summed E-state index contributed by atoms with van der Waals surface area (Å²) in [5.74, 6) is 0.447. The third-order valence-electron chi connectivity index (χ3n) is 2.21. The monoisotopic (exact) mass is 199 g/mol. The Morgan fingerprint density at radius 1 is 1.46 bits per heavy atom. The van der Waals surface area contributed by atoms with E-state index in [9.17, 15) is 4.39 Å². The topological polar surface area (TPSA) is 12.0 Å². The van der Waals surface area contributed by atoms with Gasteiger partial charge in [0.05, 0.1) is 5.02 Å². The van der Waals surface area contributed by atoms with Gasteiger partial charge in [-0.25, -0.2) is 4.39 Å². The molecule has 2 rings (SSSR count). The zero-order valence-electron chi connectivity index (χ0n) is 7.19. The second-order valence-electron chi connectivity index (χ2n) is 3.45. The van der Waals surface area contributed by atoms with E-state index in [1.165, 1.54) is 18.9 Å². The first-order valence-electron chi connectivity index (χ1n) is 4.44. The first-order chi connectivity index (χ1) is 6.25. The van der Waals surface area contributed by atoms with Crippen LogP contribution in [-0.2, 0) is 0 Å². The molecule has 0 atom stereocenters. The summed E-state index contributed by atoms with van der Waals surface area (Å²) in [4.78, 5) is 0. The second-order valence-corrected chi connectivity index (χ2v) is 3.86. The minimum atomic E-state index is -0.362. The van der Waals surface area contributed by atoms with E-state index in [1.807, 2.05) is 0 Å². The average molecular weight is 200 g/mol. The molecule has 13 heavy (non-hydrogen) atoms. The van der Waals surface area contributed by atoms with E-state index in [0.29, 0.717) is 0 Å². The summed E-state index contributed by atoms with van der Waals surface area (Å²) in [6.07, 6.45) is 2.61. The molecule has 1 aliphatic rings. The lowest BCUT2D eigenvalue weighted by atomic mass is 10.3. The van der Waals surface area contributed by atoms with E-state index >= 15 is 0 Å². The highest BCUT2D eigenvalue weighted by Gasteiger charge is 2.20. The van der Waals surface area contributed by atoms with Gasteiger partial charge in [0.25, 0.3) is 0 Å². The molecule has 1 N–H and O–H groups in total. The van der Waals surface area contributed by atoms with Gasteiger partial charge in [-0.1, -0.05) is 11.6 Å². The molecule has 0 heterocycles. The number of anilines is 1. The maximum absolute atomic E-state index is 12.8. The molecule has 1 aliphatic carbocycles. The van der Waals surface area contributed by atoms with Crippen molar-refractivity contribution in [3.63, 3.8) is 0 Å². The predicted molar refractivity (Wildman–Crippen MR) is 52.6 cm³/mol. The number of rotatable bonds is 3. The van der Waals surface area contributed by atoms with Crippen LogP contribution < -0.4 is 5.32 Å².